The zero-order valence-corrected chi connectivity index (χ0v) is 15.9. The number of nitrogens with one attached hydrogen (secondary N) is 1. The Balaban J connectivity index is 2.19. The third-order valence-corrected chi connectivity index (χ3v) is 5.86. The molecule has 0 radical (unpaired) electrons. The zero-order valence-electron chi connectivity index (χ0n) is 15.1. The van der Waals surface area contributed by atoms with Crippen molar-refractivity contribution in [1.82, 2.24) is 9.62 Å². The van der Waals surface area contributed by atoms with E-state index in [0.717, 1.165) is 23.7 Å². The van der Waals surface area contributed by atoms with Crippen LogP contribution in [-0.2, 0) is 23.1 Å². The number of benzene rings is 2. The zero-order chi connectivity index (χ0) is 18.6. The van der Waals surface area contributed by atoms with E-state index in [1.165, 1.54) is 12.1 Å². The minimum Gasteiger partial charge on any atom is -0.300 e. The van der Waals surface area contributed by atoms with Crippen LogP contribution >= 0.6 is 0 Å². The maximum atomic E-state index is 13.4. The van der Waals surface area contributed by atoms with Crippen molar-refractivity contribution in [2.24, 2.45) is 0 Å². The highest BCUT2D eigenvalue weighted by molar-refractivity contribution is 7.89. The Labute approximate surface area is 149 Å². The van der Waals surface area contributed by atoms with Crippen LogP contribution in [-0.4, -0.2) is 26.4 Å². The first-order valence-corrected chi connectivity index (χ1v) is 9.72. The molecule has 0 saturated heterocycles. The normalized spacial score (nSPS) is 12.1. The molecular formula is C19H25FN2O2S. The molecule has 0 aliphatic carbocycles. The topological polar surface area (TPSA) is 49.4 Å². The van der Waals surface area contributed by atoms with Gasteiger partial charge in [-0.15, -0.1) is 0 Å². The van der Waals surface area contributed by atoms with E-state index in [1.54, 1.807) is 6.92 Å². The molecule has 0 saturated carbocycles. The highest BCUT2D eigenvalue weighted by Crippen LogP contribution is 2.18. The van der Waals surface area contributed by atoms with Gasteiger partial charge in [0.05, 0.1) is 4.90 Å². The van der Waals surface area contributed by atoms with E-state index in [2.05, 4.69) is 23.5 Å². The van der Waals surface area contributed by atoms with Crippen LogP contribution in [0.5, 0.6) is 0 Å². The summed E-state index contributed by atoms with van der Waals surface area (Å²) < 4.78 is 41.1. The molecule has 6 heteroatoms. The summed E-state index contributed by atoms with van der Waals surface area (Å²) in [7, 11) is -1.75. The van der Waals surface area contributed by atoms with E-state index >= 15 is 0 Å². The van der Waals surface area contributed by atoms with Gasteiger partial charge >= 0.3 is 0 Å². The molecule has 2 aromatic carbocycles. The van der Waals surface area contributed by atoms with E-state index in [4.69, 9.17) is 0 Å². The van der Waals surface area contributed by atoms with Gasteiger partial charge in [-0.2, -0.15) is 0 Å². The molecule has 0 aliphatic heterocycles. The highest BCUT2D eigenvalue weighted by Gasteiger charge is 2.18. The van der Waals surface area contributed by atoms with E-state index in [9.17, 15) is 12.8 Å². The van der Waals surface area contributed by atoms with Gasteiger partial charge in [0.15, 0.2) is 0 Å². The van der Waals surface area contributed by atoms with Crippen molar-refractivity contribution in [2.45, 2.75) is 44.8 Å². The molecule has 2 aromatic rings. The first-order valence-electron chi connectivity index (χ1n) is 8.23. The molecule has 0 aliphatic rings. The number of sulfonamides is 1. The van der Waals surface area contributed by atoms with Crippen LogP contribution in [0.3, 0.4) is 0 Å². The molecule has 0 fully saturated rings. The molecule has 2 rings (SSSR count). The Morgan fingerprint density at radius 1 is 1.12 bits per heavy atom. The van der Waals surface area contributed by atoms with Crippen LogP contribution in [0.4, 0.5) is 4.39 Å². The van der Waals surface area contributed by atoms with Crippen molar-refractivity contribution < 1.29 is 12.8 Å². The predicted molar refractivity (Wildman–Crippen MR) is 98.2 cm³/mol. The SMILES string of the molecule is Cc1ccc(F)cc1S(=O)(=O)NCc1ccccc1CN(C)C(C)C. The van der Waals surface area contributed by atoms with Crippen molar-refractivity contribution in [3.05, 3.63) is 65.0 Å². The molecule has 0 unspecified atom stereocenters. The van der Waals surface area contributed by atoms with E-state index in [0.29, 0.717) is 11.6 Å². The first kappa shape index (κ1) is 19.6. The number of aryl methyl sites for hydroxylation is 1. The summed E-state index contributed by atoms with van der Waals surface area (Å²) in [5.41, 5.74) is 2.49. The monoisotopic (exact) mass is 364 g/mol. The fourth-order valence-electron chi connectivity index (χ4n) is 2.45. The third-order valence-electron chi connectivity index (χ3n) is 4.31. The number of halogens is 1. The second kappa shape index (κ2) is 8.08. The molecule has 0 atom stereocenters. The Hall–Kier alpha value is -1.76. The summed E-state index contributed by atoms with van der Waals surface area (Å²) in [5.74, 6) is -0.565. The molecular weight excluding hydrogens is 339 g/mol. The highest BCUT2D eigenvalue weighted by atomic mass is 32.2. The molecule has 0 amide bonds. The summed E-state index contributed by atoms with van der Waals surface area (Å²) in [6.07, 6.45) is 0. The van der Waals surface area contributed by atoms with Crippen LogP contribution < -0.4 is 4.72 Å². The van der Waals surface area contributed by atoms with Crippen LogP contribution in [0.2, 0.25) is 0 Å². The maximum absolute atomic E-state index is 13.4. The molecule has 4 nitrogen and oxygen atoms in total. The van der Waals surface area contributed by atoms with E-state index in [-0.39, 0.29) is 11.4 Å². The lowest BCUT2D eigenvalue weighted by molar-refractivity contribution is 0.265. The maximum Gasteiger partial charge on any atom is 0.241 e. The standard InChI is InChI=1S/C19H25FN2O2S/c1-14(2)22(4)13-17-8-6-5-7-16(17)12-21-25(23,24)19-11-18(20)10-9-15(19)3/h5-11,14,21H,12-13H2,1-4H3. The van der Waals surface area contributed by atoms with Crippen molar-refractivity contribution in [2.75, 3.05) is 7.05 Å². The molecule has 25 heavy (non-hydrogen) atoms. The van der Waals surface area contributed by atoms with E-state index < -0.39 is 15.8 Å². The van der Waals surface area contributed by atoms with Gasteiger partial charge in [-0.25, -0.2) is 17.5 Å². The van der Waals surface area contributed by atoms with Crippen LogP contribution in [0.1, 0.15) is 30.5 Å². The van der Waals surface area contributed by atoms with Gasteiger partial charge in [-0.05, 0) is 56.6 Å². The Bertz CT molecular complexity index is 835. The fraction of sp³-hybridized carbons (Fsp3) is 0.368. The second-order valence-electron chi connectivity index (χ2n) is 6.51. The lowest BCUT2D eigenvalue weighted by Gasteiger charge is -2.22. The molecule has 0 aromatic heterocycles. The molecule has 136 valence electrons. The summed E-state index contributed by atoms with van der Waals surface area (Å²) in [4.78, 5) is 2.16. The molecule has 0 heterocycles. The fourth-order valence-corrected chi connectivity index (χ4v) is 3.71. The smallest absolute Gasteiger partial charge is 0.241 e. The number of rotatable bonds is 7. The number of nitrogens with zero attached hydrogens (tertiary/aromatic N) is 1. The minimum atomic E-state index is -3.78. The van der Waals surface area contributed by atoms with Gasteiger partial charge < -0.3 is 0 Å². The van der Waals surface area contributed by atoms with Gasteiger partial charge in [0, 0.05) is 19.1 Å². The largest absolute Gasteiger partial charge is 0.300 e. The van der Waals surface area contributed by atoms with Gasteiger partial charge in [-0.3, -0.25) is 4.90 Å². The van der Waals surface area contributed by atoms with Gasteiger partial charge in [-0.1, -0.05) is 30.3 Å². The second-order valence-corrected chi connectivity index (χ2v) is 8.25. The van der Waals surface area contributed by atoms with Crippen molar-refractivity contribution in [3.63, 3.8) is 0 Å². The van der Waals surface area contributed by atoms with Crippen molar-refractivity contribution in [1.29, 1.82) is 0 Å². The van der Waals surface area contributed by atoms with Crippen LogP contribution in [0, 0.1) is 12.7 Å². The summed E-state index contributed by atoms with van der Waals surface area (Å²) in [6, 6.07) is 11.9. The summed E-state index contributed by atoms with van der Waals surface area (Å²) >= 11 is 0. The molecule has 0 bridgehead atoms. The van der Waals surface area contributed by atoms with Crippen LogP contribution in [0.25, 0.3) is 0 Å². The Morgan fingerprint density at radius 3 is 2.40 bits per heavy atom. The van der Waals surface area contributed by atoms with E-state index in [1.807, 2.05) is 31.3 Å². The lowest BCUT2D eigenvalue weighted by Crippen LogP contribution is -2.28. The summed E-state index contributed by atoms with van der Waals surface area (Å²) in [5, 5.41) is 0. The average molecular weight is 364 g/mol. The van der Waals surface area contributed by atoms with Gasteiger partial charge in [0.1, 0.15) is 5.82 Å². The van der Waals surface area contributed by atoms with Crippen LogP contribution in [0.15, 0.2) is 47.4 Å². The minimum absolute atomic E-state index is 0.0238. The Morgan fingerprint density at radius 2 is 1.76 bits per heavy atom. The average Bonchev–Trinajstić information content (AvgIpc) is 2.56. The van der Waals surface area contributed by atoms with Gasteiger partial charge in [0.2, 0.25) is 10.0 Å². The first-order chi connectivity index (χ1) is 11.7. The molecule has 1 N–H and O–H groups in total. The van der Waals surface area contributed by atoms with Crippen molar-refractivity contribution in [3.8, 4) is 0 Å². The molecule has 0 spiro atoms. The quantitative estimate of drug-likeness (QED) is 0.819. The number of hydrogen-bond donors (Lipinski definition) is 1. The lowest BCUT2D eigenvalue weighted by atomic mass is 10.1. The summed E-state index contributed by atoms with van der Waals surface area (Å²) in [6.45, 7) is 6.77. The Kier molecular flexibility index (Phi) is 6.32. The van der Waals surface area contributed by atoms with Crippen molar-refractivity contribution >= 4 is 10.0 Å². The van der Waals surface area contributed by atoms with Gasteiger partial charge in [0.25, 0.3) is 0 Å². The third kappa shape index (κ3) is 5.11. The predicted octanol–water partition coefficient (Wildman–Crippen LogP) is 3.45. The number of hydrogen-bond acceptors (Lipinski definition) is 3.